The fourth-order valence-electron chi connectivity index (χ4n) is 1.35. The molecule has 0 saturated carbocycles. The minimum atomic E-state index is -0.642. The molecule has 0 fully saturated rings. The fourth-order valence-corrected chi connectivity index (χ4v) is 1.73. The normalized spacial score (nSPS) is 10.2. The third-order valence-corrected chi connectivity index (χ3v) is 2.86. The Morgan fingerprint density at radius 2 is 2.26 bits per heavy atom. The molecule has 0 aliphatic carbocycles. The van der Waals surface area contributed by atoms with Gasteiger partial charge in [0.1, 0.15) is 11.4 Å². The molecule has 0 aliphatic heterocycles. The second-order valence-electron chi connectivity index (χ2n) is 3.51. The van der Waals surface area contributed by atoms with E-state index in [1.807, 2.05) is 0 Å². The number of nitro groups is 1. The predicted octanol–water partition coefficient (Wildman–Crippen LogP) is 2.04. The highest BCUT2D eigenvalue weighted by Gasteiger charge is 2.16. The van der Waals surface area contributed by atoms with Crippen LogP contribution in [0, 0.1) is 10.1 Å². The first-order valence-corrected chi connectivity index (χ1v) is 5.76. The number of phenolic OH excluding ortho intramolecular Hbond substituents is 1. The number of aromatic hydroxyl groups is 1. The fraction of sp³-hybridized carbons (Fsp3) is 0. The highest BCUT2D eigenvalue weighted by Crippen LogP contribution is 2.28. The SMILES string of the molecule is O=C(Nc1ccc([N+](=O)[O-])cc1O)c1[nH]ncc1Br. The number of aromatic nitrogens is 2. The molecule has 0 aliphatic rings. The number of aromatic amines is 1. The highest BCUT2D eigenvalue weighted by atomic mass is 79.9. The van der Waals surface area contributed by atoms with Crippen LogP contribution in [-0.4, -0.2) is 26.1 Å². The van der Waals surface area contributed by atoms with Crippen LogP contribution in [0.2, 0.25) is 0 Å². The Balaban J connectivity index is 2.23. The van der Waals surface area contributed by atoms with Gasteiger partial charge in [0.15, 0.2) is 0 Å². The van der Waals surface area contributed by atoms with Crippen molar-refractivity contribution in [1.82, 2.24) is 10.2 Å². The zero-order valence-corrected chi connectivity index (χ0v) is 10.8. The Kier molecular flexibility index (Phi) is 3.47. The number of phenols is 1. The number of hydrogen-bond donors (Lipinski definition) is 3. The molecule has 0 unspecified atom stereocenters. The van der Waals surface area contributed by atoms with Crippen molar-refractivity contribution < 1.29 is 14.8 Å². The van der Waals surface area contributed by atoms with Gasteiger partial charge in [0, 0.05) is 6.07 Å². The van der Waals surface area contributed by atoms with Crippen LogP contribution in [0.4, 0.5) is 11.4 Å². The Labute approximate surface area is 114 Å². The third-order valence-electron chi connectivity index (χ3n) is 2.26. The first-order chi connectivity index (χ1) is 8.99. The lowest BCUT2D eigenvalue weighted by atomic mass is 10.2. The first kappa shape index (κ1) is 13.0. The summed E-state index contributed by atoms with van der Waals surface area (Å²) in [7, 11) is 0. The van der Waals surface area contributed by atoms with E-state index >= 15 is 0 Å². The number of nitrogens with zero attached hydrogens (tertiary/aromatic N) is 2. The summed E-state index contributed by atoms with van der Waals surface area (Å²) in [5.41, 5.74) is -0.0203. The molecular weight excluding hydrogens is 320 g/mol. The summed E-state index contributed by atoms with van der Waals surface area (Å²) in [5, 5.41) is 28.6. The molecular formula is C10H7BrN4O4. The number of anilines is 1. The smallest absolute Gasteiger partial charge is 0.274 e. The maximum Gasteiger partial charge on any atom is 0.274 e. The molecule has 2 aromatic rings. The van der Waals surface area contributed by atoms with Crippen molar-refractivity contribution >= 4 is 33.2 Å². The van der Waals surface area contributed by atoms with Crippen LogP contribution in [0.3, 0.4) is 0 Å². The molecule has 98 valence electrons. The van der Waals surface area contributed by atoms with Gasteiger partial charge in [-0.2, -0.15) is 5.10 Å². The van der Waals surface area contributed by atoms with E-state index in [1.54, 1.807) is 0 Å². The summed E-state index contributed by atoms with van der Waals surface area (Å²) >= 11 is 3.12. The van der Waals surface area contributed by atoms with E-state index in [-0.39, 0.29) is 17.1 Å². The Morgan fingerprint density at radius 1 is 1.53 bits per heavy atom. The number of benzene rings is 1. The van der Waals surface area contributed by atoms with Gasteiger partial charge in [0.25, 0.3) is 11.6 Å². The van der Waals surface area contributed by atoms with E-state index < -0.39 is 16.6 Å². The van der Waals surface area contributed by atoms with Gasteiger partial charge in [0.05, 0.1) is 27.3 Å². The number of nitrogens with one attached hydrogen (secondary N) is 2. The lowest BCUT2D eigenvalue weighted by Gasteiger charge is -2.06. The summed E-state index contributed by atoms with van der Waals surface area (Å²) in [6.45, 7) is 0. The van der Waals surface area contributed by atoms with Crippen molar-refractivity contribution in [3.05, 3.63) is 44.7 Å². The Hall–Kier alpha value is -2.42. The minimum Gasteiger partial charge on any atom is -0.506 e. The van der Waals surface area contributed by atoms with Gasteiger partial charge in [-0.1, -0.05) is 0 Å². The van der Waals surface area contributed by atoms with Gasteiger partial charge in [-0.25, -0.2) is 0 Å². The number of amides is 1. The number of nitro benzene ring substituents is 1. The standard InChI is InChI=1S/C10H7BrN4O4/c11-6-4-12-14-9(6)10(17)13-7-2-1-5(15(18)19)3-8(7)16/h1-4,16H,(H,12,14)(H,13,17). The second-order valence-corrected chi connectivity index (χ2v) is 4.36. The van der Waals surface area contributed by atoms with Crippen LogP contribution < -0.4 is 5.32 Å². The minimum absolute atomic E-state index is 0.0668. The summed E-state index contributed by atoms with van der Waals surface area (Å²) in [6, 6.07) is 3.38. The van der Waals surface area contributed by atoms with E-state index in [9.17, 15) is 20.0 Å². The van der Waals surface area contributed by atoms with Crippen molar-refractivity contribution in [3.63, 3.8) is 0 Å². The van der Waals surface area contributed by atoms with Crippen molar-refractivity contribution in [1.29, 1.82) is 0 Å². The number of hydrogen-bond acceptors (Lipinski definition) is 5. The highest BCUT2D eigenvalue weighted by molar-refractivity contribution is 9.10. The van der Waals surface area contributed by atoms with Crippen LogP contribution in [0.15, 0.2) is 28.9 Å². The van der Waals surface area contributed by atoms with Gasteiger partial charge < -0.3 is 10.4 Å². The molecule has 0 bridgehead atoms. The molecule has 8 nitrogen and oxygen atoms in total. The average Bonchev–Trinajstić information content (AvgIpc) is 2.77. The zero-order chi connectivity index (χ0) is 14.0. The topological polar surface area (TPSA) is 121 Å². The first-order valence-electron chi connectivity index (χ1n) is 4.96. The van der Waals surface area contributed by atoms with E-state index in [1.165, 1.54) is 18.3 Å². The van der Waals surface area contributed by atoms with Crippen molar-refractivity contribution in [2.75, 3.05) is 5.32 Å². The molecule has 1 aromatic heterocycles. The molecule has 0 saturated heterocycles. The van der Waals surface area contributed by atoms with Crippen LogP contribution >= 0.6 is 15.9 Å². The molecule has 0 atom stereocenters. The molecule has 1 heterocycles. The third kappa shape index (κ3) is 2.71. The summed E-state index contributed by atoms with van der Waals surface area (Å²) in [6.07, 6.45) is 1.41. The molecule has 19 heavy (non-hydrogen) atoms. The number of non-ortho nitro benzene ring substituents is 1. The molecule has 0 spiro atoms. The predicted molar refractivity (Wildman–Crippen MR) is 69.0 cm³/mol. The molecule has 0 radical (unpaired) electrons. The molecule has 2 rings (SSSR count). The maximum absolute atomic E-state index is 11.8. The van der Waals surface area contributed by atoms with Crippen molar-refractivity contribution in [3.8, 4) is 5.75 Å². The van der Waals surface area contributed by atoms with Gasteiger partial charge in [-0.3, -0.25) is 20.0 Å². The number of halogens is 1. The Bertz CT molecular complexity index is 655. The van der Waals surface area contributed by atoms with Gasteiger partial charge in [-0.15, -0.1) is 0 Å². The van der Waals surface area contributed by atoms with Crippen LogP contribution in [0.25, 0.3) is 0 Å². The maximum atomic E-state index is 11.8. The largest absolute Gasteiger partial charge is 0.506 e. The summed E-state index contributed by atoms with van der Waals surface area (Å²) in [4.78, 5) is 21.7. The number of rotatable bonds is 3. The number of H-pyrrole nitrogens is 1. The van der Waals surface area contributed by atoms with Crippen LogP contribution in [0.5, 0.6) is 5.75 Å². The summed E-state index contributed by atoms with van der Waals surface area (Å²) in [5.74, 6) is -0.924. The van der Waals surface area contributed by atoms with Crippen molar-refractivity contribution in [2.45, 2.75) is 0 Å². The molecule has 1 aromatic carbocycles. The van der Waals surface area contributed by atoms with E-state index in [0.29, 0.717) is 4.47 Å². The van der Waals surface area contributed by atoms with Gasteiger partial charge >= 0.3 is 0 Å². The second kappa shape index (κ2) is 5.06. The van der Waals surface area contributed by atoms with Crippen molar-refractivity contribution in [2.24, 2.45) is 0 Å². The van der Waals surface area contributed by atoms with E-state index in [4.69, 9.17) is 0 Å². The molecule has 9 heteroatoms. The average molecular weight is 327 g/mol. The monoisotopic (exact) mass is 326 g/mol. The van der Waals surface area contributed by atoms with E-state index in [0.717, 1.165) is 6.07 Å². The van der Waals surface area contributed by atoms with Gasteiger partial charge in [0.2, 0.25) is 0 Å². The van der Waals surface area contributed by atoms with E-state index in [2.05, 4.69) is 31.4 Å². The van der Waals surface area contributed by atoms with Crippen LogP contribution in [0.1, 0.15) is 10.5 Å². The number of carbonyl (C=O) groups excluding carboxylic acids is 1. The number of carbonyl (C=O) groups is 1. The Morgan fingerprint density at radius 3 is 2.79 bits per heavy atom. The molecule has 1 amide bonds. The lowest BCUT2D eigenvalue weighted by Crippen LogP contribution is -2.13. The molecule has 3 N–H and O–H groups in total. The quantitative estimate of drug-likeness (QED) is 0.452. The lowest BCUT2D eigenvalue weighted by molar-refractivity contribution is -0.384. The summed E-state index contributed by atoms with van der Waals surface area (Å²) < 4.78 is 0.464. The van der Waals surface area contributed by atoms with Gasteiger partial charge in [-0.05, 0) is 22.0 Å². The van der Waals surface area contributed by atoms with Crippen LogP contribution in [-0.2, 0) is 0 Å². The zero-order valence-electron chi connectivity index (χ0n) is 9.25.